The van der Waals surface area contributed by atoms with Crippen molar-refractivity contribution >= 4 is 13.7 Å². The van der Waals surface area contributed by atoms with Gasteiger partial charge in [0, 0.05) is 41.4 Å². The molecule has 12 nitrogen and oxygen atoms in total. The van der Waals surface area contributed by atoms with E-state index in [9.17, 15) is 9.90 Å². The molecule has 1 aliphatic rings. The molecular weight excluding hydrogens is 511 g/mol. The molecular formula is C27H45BN8O4. The van der Waals surface area contributed by atoms with Crippen molar-refractivity contribution in [3.8, 4) is 0 Å². The SMILES string of the molecule is CC(C)(CCCN=[N+]=[N-])C1OCCO1.[B]C(=O)N[C@@H](Cc1ccccc1)[C@H](O)CNCC(C)(C)CCCN=[N+]=[N-]. The number of hydrogen-bond donors (Lipinski definition) is 3. The molecule has 2 rings (SSSR count). The van der Waals surface area contributed by atoms with E-state index in [0.29, 0.717) is 45.8 Å². The lowest BCUT2D eigenvalue weighted by molar-refractivity contribution is -0.122. The van der Waals surface area contributed by atoms with Gasteiger partial charge in [0.1, 0.15) is 0 Å². The molecule has 1 saturated heterocycles. The van der Waals surface area contributed by atoms with E-state index in [1.807, 2.05) is 30.3 Å². The zero-order valence-electron chi connectivity index (χ0n) is 24.3. The Morgan fingerprint density at radius 1 is 1.07 bits per heavy atom. The highest BCUT2D eigenvalue weighted by Crippen LogP contribution is 2.32. The number of ether oxygens (including phenoxy) is 2. The lowest BCUT2D eigenvalue weighted by Crippen LogP contribution is -2.49. The lowest BCUT2D eigenvalue weighted by atomic mass is 9.87. The molecule has 13 heteroatoms. The summed E-state index contributed by atoms with van der Waals surface area (Å²) in [5.74, 6) is -0.650. The van der Waals surface area contributed by atoms with Crippen LogP contribution in [0.3, 0.4) is 0 Å². The van der Waals surface area contributed by atoms with Crippen LogP contribution < -0.4 is 10.6 Å². The van der Waals surface area contributed by atoms with Crippen LogP contribution in [0.25, 0.3) is 20.9 Å². The minimum atomic E-state index is -0.762. The van der Waals surface area contributed by atoms with E-state index in [4.69, 9.17) is 28.4 Å². The van der Waals surface area contributed by atoms with Gasteiger partial charge in [-0.15, -0.1) is 0 Å². The van der Waals surface area contributed by atoms with Crippen LogP contribution in [0, 0.1) is 10.8 Å². The van der Waals surface area contributed by atoms with E-state index in [1.54, 1.807) is 0 Å². The number of nitrogens with zero attached hydrogens (tertiary/aromatic N) is 6. The Bertz CT molecular complexity index is 947. The largest absolute Gasteiger partial charge is 0.390 e. The first-order valence-corrected chi connectivity index (χ1v) is 13.7. The van der Waals surface area contributed by atoms with Gasteiger partial charge in [-0.1, -0.05) is 68.3 Å². The topological polar surface area (TPSA) is 177 Å². The average molecular weight is 557 g/mol. The van der Waals surface area contributed by atoms with Crippen LogP contribution in [0.2, 0.25) is 0 Å². The van der Waals surface area contributed by atoms with Crippen molar-refractivity contribution in [2.24, 2.45) is 21.1 Å². The minimum Gasteiger partial charge on any atom is -0.390 e. The van der Waals surface area contributed by atoms with Crippen molar-refractivity contribution in [2.45, 2.75) is 78.2 Å². The van der Waals surface area contributed by atoms with Crippen molar-refractivity contribution < 1.29 is 19.4 Å². The highest BCUT2D eigenvalue weighted by atomic mass is 16.7. The first-order chi connectivity index (χ1) is 19.0. The number of aliphatic hydroxyl groups excluding tert-OH is 1. The number of carbonyl (C=O) groups is 1. The third-order valence-electron chi connectivity index (χ3n) is 6.62. The molecule has 1 aromatic carbocycles. The molecule has 2 atom stereocenters. The standard InChI is InChI=1S/C18H28BN5O2.C9H17N3O2/c1-18(2,9-6-10-22-24-20)13-21-12-16(25)15(23-17(19)26)11-14-7-4-3-5-8-14;1-9(2,4-3-5-11-12-10)8-13-6-7-14-8/h3-5,7-8,15-16,21,25H,6,9-13H2,1-2H3,(H,23,26);8H,3-7H2,1-2H3/t15-,16+;/m0./s1. The van der Waals surface area contributed by atoms with Crippen molar-refractivity contribution in [3.05, 3.63) is 56.8 Å². The molecule has 1 amide bonds. The highest BCUT2D eigenvalue weighted by Gasteiger charge is 2.33. The lowest BCUT2D eigenvalue weighted by Gasteiger charge is -2.29. The smallest absolute Gasteiger partial charge is 0.200 e. The summed E-state index contributed by atoms with van der Waals surface area (Å²) in [5, 5.41) is 23.4. The van der Waals surface area contributed by atoms with Crippen LogP contribution in [-0.4, -0.2) is 76.6 Å². The number of amides is 1. The summed E-state index contributed by atoms with van der Waals surface area (Å²) in [5.41, 5.74) is 17.4. The van der Waals surface area contributed by atoms with Gasteiger partial charge >= 0.3 is 0 Å². The molecule has 0 aromatic heterocycles. The predicted molar refractivity (Wildman–Crippen MR) is 157 cm³/mol. The number of benzene rings is 1. The molecule has 1 aromatic rings. The fraction of sp³-hybridized carbons (Fsp3) is 0.741. The maximum atomic E-state index is 11.3. The van der Waals surface area contributed by atoms with Gasteiger partial charge in [-0.25, -0.2) is 0 Å². The fourth-order valence-corrected chi connectivity index (χ4v) is 4.37. The molecule has 0 saturated carbocycles. The van der Waals surface area contributed by atoms with Crippen LogP contribution in [0.1, 0.15) is 58.9 Å². The Morgan fingerprint density at radius 3 is 2.20 bits per heavy atom. The van der Waals surface area contributed by atoms with Crippen molar-refractivity contribution in [1.82, 2.24) is 10.6 Å². The molecule has 0 unspecified atom stereocenters. The Morgan fingerprint density at radius 2 is 1.65 bits per heavy atom. The number of azide groups is 2. The summed E-state index contributed by atoms with van der Waals surface area (Å²) in [6, 6.07) is 9.18. The molecule has 40 heavy (non-hydrogen) atoms. The quantitative estimate of drug-likeness (QED) is 0.0801. The van der Waals surface area contributed by atoms with Crippen LogP contribution in [-0.2, 0) is 15.9 Å². The zero-order valence-corrected chi connectivity index (χ0v) is 24.3. The van der Waals surface area contributed by atoms with Gasteiger partial charge in [0.15, 0.2) is 12.1 Å². The van der Waals surface area contributed by atoms with Crippen LogP contribution in [0.4, 0.5) is 4.79 Å². The first-order valence-electron chi connectivity index (χ1n) is 13.7. The number of rotatable bonds is 17. The summed E-state index contributed by atoms with van der Waals surface area (Å²) in [7, 11) is 5.25. The Balaban J connectivity index is 0.000000479. The highest BCUT2D eigenvalue weighted by molar-refractivity contribution is 6.57. The molecule has 0 spiro atoms. The van der Waals surface area contributed by atoms with Gasteiger partial charge in [0.25, 0.3) is 0 Å². The monoisotopic (exact) mass is 556 g/mol. The van der Waals surface area contributed by atoms with Crippen molar-refractivity contribution in [2.75, 3.05) is 39.4 Å². The fourth-order valence-electron chi connectivity index (χ4n) is 4.37. The molecule has 1 aliphatic heterocycles. The van der Waals surface area contributed by atoms with Crippen molar-refractivity contribution in [1.29, 1.82) is 0 Å². The molecule has 1 fully saturated rings. The van der Waals surface area contributed by atoms with Gasteiger partial charge in [0.05, 0.1) is 25.4 Å². The maximum Gasteiger partial charge on any atom is 0.200 e. The minimum absolute atomic E-state index is 0.00146. The second kappa shape index (κ2) is 19.3. The van der Waals surface area contributed by atoms with Gasteiger partial charge in [-0.05, 0) is 54.1 Å². The molecule has 3 N–H and O–H groups in total. The van der Waals surface area contributed by atoms with E-state index < -0.39 is 18.0 Å². The molecule has 220 valence electrons. The van der Waals surface area contributed by atoms with Gasteiger partial charge in [0.2, 0.25) is 7.85 Å². The van der Waals surface area contributed by atoms with Crippen LogP contribution in [0.5, 0.6) is 0 Å². The summed E-state index contributed by atoms with van der Waals surface area (Å²) in [6.07, 6.45) is 3.18. The Kier molecular flexibility index (Phi) is 17.0. The number of hydrogen-bond acceptors (Lipinski definition) is 7. The van der Waals surface area contributed by atoms with Crippen molar-refractivity contribution in [3.63, 3.8) is 0 Å². The number of nitrogens with one attached hydrogen (secondary N) is 2. The third-order valence-corrected chi connectivity index (χ3v) is 6.62. The zero-order chi connectivity index (χ0) is 29.9. The predicted octanol–water partition coefficient (Wildman–Crippen LogP) is 5.02. The Labute approximate surface area is 239 Å². The number of carbonyl (C=O) groups excluding carboxylic acids is 1. The van der Waals surface area contributed by atoms with E-state index in [2.05, 4.69) is 58.4 Å². The van der Waals surface area contributed by atoms with Crippen LogP contribution in [0.15, 0.2) is 40.6 Å². The van der Waals surface area contributed by atoms with Crippen LogP contribution >= 0.6 is 0 Å². The normalized spacial score (nSPS) is 15.1. The van der Waals surface area contributed by atoms with E-state index >= 15 is 0 Å². The Hall–Kier alpha value is -2.79. The van der Waals surface area contributed by atoms with Gasteiger partial charge < -0.3 is 25.2 Å². The summed E-state index contributed by atoms with van der Waals surface area (Å²) in [6.45, 7) is 11.9. The van der Waals surface area contributed by atoms with Gasteiger partial charge in [-0.3, -0.25) is 4.79 Å². The van der Waals surface area contributed by atoms with E-state index in [-0.39, 0.29) is 17.1 Å². The third kappa shape index (κ3) is 15.7. The summed E-state index contributed by atoms with van der Waals surface area (Å²) < 4.78 is 10.9. The second-order valence-electron chi connectivity index (χ2n) is 11.3. The maximum absolute atomic E-state index is 11.3. The first kappa shape index (κ1) is 35.2. The molecule has 1 heterocycles. The van der Waals surface area contributed by atoms with E-state index in [1.165, 1.54) is 0 Å². The average Bonchev–Trinajstić information content (AvgIpc) is 3.46. The second-order valence-corrected chi connectivity index (χ2v) is 11.3. The molecule has 0 bridgehead atoms. The molecule has 0 aliphatic carbocycles. The summed E-state index contributed by atoms with van der Waals surface area (Å²) >= 11 is 0. The molecule has 2 radical (unpaired) electrons. The summed E-state index contributed by atoms with van der Waals surface area (Å²) in [4.78, 5) is 16.7. The van der Waals surface area contributed by atoms with E-state index in [0.717, 1.165) is 31.2 Å². The van der Waals surface area contributed by atoms with Gasteiger partial charge in [-0.2, -0.15) is 0 Å². The number of aliphatic hydroxyl groups is 1.